The molecule has 0 unspecified atom stereocenters. The summed E-state index contributed by atoms with van der Waals surface area (Å²) in [6.45, 7) is 8.03. The molecule has 6 nitrogen and oxygen atoms in total. The molecule has 4 aromatic heterocycles. The standard InChI is InChI=1S/C17H14N2O2S.C16H14N2S/c1-10-4-3-5-12(8-10)14-15(22-16(19-14)17(20)21)13-6-7-18-11(2)9-13;1-11-4-3-5-13(8-11)15-16(19-10-18-15)14-6-7-17-12(2)9-14/h3-9H,1-2H3,(H,20,21);3-10H,1-2H3. The molecule has 0 fully saturated rings. The van der Waals surface area contributed by atoms with Crippen molar-refractivity contribution in [1.82, 2.24) is 19.9 Å². The summed E-state index contributed by atoms with van der Waals surface area (Å²) in [4.78, 5) is 30.7. The quantitative estimate of drug-likeness (QED) is 0.221. The van der Waals surface area contributed by atoms with Gasteiger partial charge in [0.2, 0.25) is 5.01 Å². The normalized spacial score (nSPS) is 10.6. The van der Waals surface area contributed by atoms with Gasteiger partial charge in [0.15, 0.2) is 0 Å². The van der Waals surface area contributed by atoms with E-state index >= 15 is 0 Å². The molecule has 0 saturated carbocycles. The molecule has 0 aliphatic heterocycles. The third kappa shape index (κ3) is 6.62. The molecule has 0 amide bonds. The summed E-state index contributed by atoms with van der Waals surface area (Å²) in [6, 6.07) is 24.3. The first kappa shape index (κ1) is 28.0. The van der Waals surface area contributed by atoms with Crippen LogP contribution in [0.2, 0.25) is 0 Å². The van der Waals surface area contributed by atoms with Crippen molar-refractivity contribution in [2.75, 3.05) is 0 Å². The zero-order chi connectivity index (χ0) is 28.9. The van der Waals surface area contributed by atoms with Gasteiger partial charge >= 0.3 is 5.97 Å². The van der Waals surface area contributed by atoms with Gasteiger partial charge in [0.05, 0.1) is 26.7 Å². The van der Waals surface area contributed by atoms with Crippen molar-refractivity contribution in [2.24, 2.45) is 0 Å². The van der Waals surface area contributed by atoms with Gasteiger partial charge in [-0.25, -0.2) is 14.8 Å². The lowest BCUT2D eigenvalue weighted by Gasteiger charge is -2.04. The molecule has 0 bridgehead atoms. The summed E-state index contributed by atoms with van der Waals surface area (Å²) in [5.41, 5.74) is 12.2. The fourth-order valence-corrected chi connectivity index (χ4v) is 6.15. The van der Waals surface area contributed by atoms with Gasteiger partial charge in [0.25, 0.3) is 0 Å². The summed E-state index contributed by atoms with van der Waals surface area (Å²) in [5, 5.41) is 9.36. The van der Waals surface area contributed by atoms with Crippen LogP contribution < -0.4 is 0 Å². The zero-order valence-electron chi connectivity index (χ0n) is 23.1. The highest BCUT2D eigenvalue weighted by molar-refractivity contribution is 7.17. The van der Waals surface area contributed by atoms with Crippen LogP contribution in [0.25, 0.3) is 43.4 Å². The van der Waals surface area contributed by atoms with Crippen molar-refractivity contribution in [2.45, 2.75) is 27.7 Å². The van der Waals surface area contributed by atoms with Crippen LogP contribution in [0.5, 0.6) is 0 Å². The van der Waals surface area contributed by atoms with Gasteiger partial charge in [0, 0.05) is 34.9 Å². The lowest BCUT2D eigenvalue weighted by molar-refractivity contribution is 0.0696. The van der Waals surface area contributed by atoms with Gasteiger partial charge in [-0.15, -0.1) is 22.7 Å². The Morgan fingerprint density at radius 3 is 1.76 bits per heavy atom. The predicted octanol–water partition coefficient (Wildman–Crippen LogP) is 8.68. The molecule has 8 heteroatoms. The first-order valence-electron chi connectivity index (χ1n) is 13.0. The molecule has 204 valence electrons. The van der Waals surface area contributed by atoms with E-state index in [2.05, 4.69) is 57.2 Å². The van der Waals surface area contributed by atoms with Crippen LogP contribution in [0, 0.1) is 27.7 Å². The van der Waals surface area contributed by atoms with Crippen molar-refractivity contribution in [1.29, 1.82) is 0 Å². The van der Waals surface area contributed by atoms with Crippen LogP contribution in [0.4, 0.5) is 0 Å². The molecule has 2 aromatic carbocycles. The van der Waals surface area contributed by atoms with Crippen LogP contribution in [0.1, 0.15) is 32.3 Å². The maximum atomic E-state index is 11.3. The van der Waals surface area contributed by atoms with Crippen molar-refractivity contribution >= 4 is 28.6 Å². The number of carbonyl (C=O) groups is 1. The third-order valence-electron chi connectivity index (χ3n) is 6.28. The average Bonchev–Trinajstić information content (AvgIpc) is 3.62. The highest BCUT2D eigenvalue weighted by atomic mass is 32.1. The van der Waals surface area contributed by atoms with E-state index in [0.29, 0.717) is 5.69 Å². The summed E-state index contributed by atoms with van der Waals surface area (Å²) in [5.74, 6) is -1.00. The molecule has 0 saturated heterocycles. The lowest BCUT2D eigenvalue weighted by Crippen LogP contribution is -1.94. The fraction of sp³-hybridized carbons (Fsp3) is 0.121. The molecule has 41 heavy (non-hydrogen) atoms. The molecule has 0 aliphatic rings. The zero-order valence-corrected chi connectivity index (χ0v) is 24.8. The van der Waals surface area contributed by atoms with E-state index in [9.17, 15) is 9.90 Å². The first-order valence-corrected chi connectivity index (χ1v) is 14.7. The van der Waals surface area contributed by atoms with Crippen molar-refractivity contribution < 1.29 is 9.90 Å². The average molecular weight is 577 g/mol. The summed E-state index contributed by atoms with van der Waals surface area (Å²) in [7, 11) is 0. The molecule has 4 heterocycles. The van der Waals surface area contributed by atoms with E-state index in [0.717, 1.165) is 38.6 Å². The SMILES string of the molecule is Cc1cccc(-c2nc(C(=O)O)sc2-c2ccnc(C)c2)c1.Cc1cccc(-c2ncsc2-c2ccnc(C)c2)c1. The summed E-state index contributed by atoms with van der Waals surface area (Å²) >= 11 is 2.86. The van der Waals surface area contributed by atoms with Crippen LogP contribution >= 0.6 is 22.7 Å². The summed E-state index contributed by atoms with van der Waals surface area (Å²) in [6.07, 6.45) is 3.58. The van der Waals surface area contributed by atoms with Gasteiger partial charge in [-0.2, -0.15) is 0 Å². The number of nitrogens with zero attached hydrogens (tertiary/aromatic N) is 4. The van der Waals surface area contributed by atoms with Crippen LogP contribution in [-0.4, -0.2) is 31.0 Å². The Labute approximate surface area is 247 Å². The van der Waals surface area contributed by atoms with Crippen LogP contribution in [-0.2, 0) is 0 Å². The third-order valence-corrected chi connectivity index (χ3v) is 8.25. The molecule has 0 spiro atoms. The Kier molecular flexibility index (Phi) is 8.42. The number of aryl methyl sites for hydroxylation is 4. The van der Waals surface area contributed by atoms with E-state index in [4.69, 9.17) is 0 Å². The number of rotatable bonds is 5. The summed E-state index contributed by atoms with van der Waals surface area (Å²) < 4.78 is 0. The van der Waals surface area contributed by atoms with E-state index in [1.54, 1.807) is 17.5 Å². The maximum absolute atomic E-state index is 11.3. The maximum Gasteiger partial charge on any atom is 0.365 e. The van der Waals surface area contributed by atoms with Crippen LogP contribution in [0.3, 0.4) is 0 Å². The number of hydrogen-bond donors (Lipinski definition) is 1. The number of pyridine rings is 2. The van der Waals surface area contributed by atoms with Gasteiger partial charge in [-0.1, -0.05) is 47.5 Å². The predicted molar refractivity (Wildman–Crippen MR) is 167 cm³/mol. The number of carboxylic acids is 1. The second kappa shape index (κ2) is 12.3. The van der Waals surface area contributed by atoms with Gasteiger partial charge in [-0.05, 0) is 75.2 Å². The Balaban J connectivity index is 0.000000166. The Morgan fingerprint density at radius 2 is 1.22 bits per heavy atom. The number of aromatic nitrogens is 4. The number of hydrogen-bond acceptors (Lipinski definition) is 7. The Hall–Kier alpha value is -4.53. The van der Waals surface area contributed by atoms with Gasteiger partial charge < -0.3 is 5.11 Å². The fourth-order valence-electron chi connectivity index (χ4n) is 4.42. The van der Waals surface area contributed by atoms with Gasteiger partial charge in [-0.3, -0.25) is 9.97 Å². The smallest absolute Gasteiger partial charge is 0.365 e. The minimum absolute atomic E-state index is 0.0981. The Bertz CT molecular complexity index is 1720. The molecule has 6 rings (SSSR count). The number of carboxylic acid groups (broad SMARTS) is 1. The Morgan fingerprint density at radius 1 is 0.659 bits per heavy atom. The minimum atomic E-state index is -1.00. The van der Waals surface area contributed by atoms with Crippen molar-refractivity contribution in [3.8, 4) is 43.4 Å². The molecule has 6 aromatic rings. The molecule has 1 N–H and O–H groups in total. The second-order valence-corrected chi connectivity index (χ2v) is 11.5. The number of aromatic carboxylic acids is 1. The minimum Gasteiger partial charge on any atom is -0.476 e. The van der Waals surface area contributed by atoms with Crippen molar-refractivity contribution in [3.63, 3.8) is 0 Å². The molecular weight excluding hydrogens is 549 g/mol. The largest absolute Gasteiger partial charge is 0.476 e. The monoisotopic (exact) mass is 576 g/mol. The topological polar surface area (TPSA) is 88.9 Å². The highest BCUT2D eigenvalue weighted by Gasteiger charge is 2.19. The van der Waals surface area contributed by atoms with E-state index in [1.807, 2.05) is 74.9 Å². The van der Waals surface area contributed by atoms with E-state index in [1.165, 1.54) is 32.9 Å². The number of thiazole rings is 2. The second-order valence-electron chi connectivity index (χ2n) is 9.64. The lowest BCUT2D eigenvalue weighted by atomic mass is 10.1. The molecule has 0 aliphatic carbocycles. The van der Waals surface area contributed by atoms with E-state index in [-0.39, 0.29) is 5.01 Å². The van der Waals surface area contributed by atoms with Crippen molar-refractivity contribution in [3.05, 3.63) is 118 Å². The van der Waals surface area contributed by atoms with Crippen LogP contribution in [0.15, 0.2) is 90.7 Å². The first-order chi connectivity index (χ1) is 19.8. The molecular formula is C33H28N4O2S2. The van der Waals surface area contributed by atoms with E-state index < -0.39 is 5.97 Å². The molecule has 0 radical (unpaired) electrons. The van der Waals surface area contributed by atoms with Gasteiger partial charge in [0.1, 0.15) is 0 Å². The molecule has 0 atom stereocenters. The highest BCUT2D eigenvalue weighted by Crippen LogP contribution is 2.37. The number of benzene rings is 2.